The van der Waals surface area contributed by atoms with Crippen LogP contribution in [0.2, 0.25) is 0 Å². The van der Waals surface area contributed by atoms with Crippen molar-refractivity contribution in [2.24, 2.45) is 0 Å². The Morgan fingerprint density at radius 2 is 1.94 bits per heavy atom. The Balaban J connectivity index is 2.01. The first kappa shape index (κ1) is 10.8. The number of para-hydroxylation sites is 1. The average molecular weight is 237 g/mol. The van der Waals surface area contributed by atoms with Gasteiger partial charge in [-0.2, -0.15) is 0 Å². The SMILES string of the molecule is Cc1ccccc1Cc1nc2c(N)cccc2[nH]1. The highest BCUT2D eigenvalue weighted by Gasteiger charge is 2.06. The summed E-state index contributed by atoms with van der Waals surface area (Å²) >= 11 is 0. The van der Waals surface area contributed by atoms with Crippen molar-refractivity contribution < 1.29 is 0 Å². The van der Waals surface area contributed by atoms with Crippen LogP contribution in [0.1, 0.15) is 17.0 Å². The molecule has 0 saturated carbocycles. The van der Waals surface area contributed by atoms with Crippen LogP contribution in [0, 0.1) is 6.92 Å². The molecule has 0 aliphatic heterocycles. The molecule has 0 aliphatic carbocycles. The summed E-state index contributed by atoms with van der Waals surface area (Å²) in [6, 6.07) is 14.2. The lowest BCUT2D eigenvalue weighted by Crippen LogP contribution is -1.93. The van der Waals surface area contributed by atoms with Crippen LogP contribution in [0.15, 0.2) is 42.5 Å². The highest BCUT2D eigenvalue weighted by atomic mass is 14.9. The number of nitrogens with one attached hydrogen (secondary N) is 1. The van der Waals surface area contributed by atoms with E-state index >= 15 is 0 Å². The zero-order chi connectivity index (χ0) is 12.5. The van der Waals surface area contributed by atoms with Crippen LogP contribution in [0.3, 0.4) is 0 Å². The fourth-order valence-corrected chi connectivity index (χ4v) is 2.18. The second kappa shape index (κ2) is 4.18. The molecule has 0 spiro atoms. The summed E-state index contributed by atoms with van der Waals surface area (Å²) in [7, 11) is 0. The molecule has 1 heterocycles. The van der Waals surface area contributed by atoms with Gasteiger partial charge in [0.25, 0.3) is 0 Å². The van der Waals surface area contributed by atoms with Gasteiger partial charge < -0.3 is 10.7 Å². The number of anilines is 1. The molecule has 0 saturated heterocycles. The lowest BCUT2D eigenvalue weighted by atomic mass is 10.1. The first-order chi connectivity index (χ1) is 8.74. The van der Waals surface area contributed by atoms with Gasteiger partial charge in [0.05, 0.1) is 11.2 Å². The van der Waals surface area contributed by atoms with E-state index in [4.69, 9.17) is 5.73 Å². The number of hydrogen-bond donors (Lipinski definition) is 2. The van der Waals surface area contributed by atoms with Gasteiger partial charge in [-0.1, -0.05) is 30.3 Å². The summed E-state index contributed by atoms with van der Waals surface area (Å²) in [5, 5.41) is 0. The molecular weight excluding hydrogens is 222 g/mol. The Labute approximate surface area is 106 Å². The lowest BCUT2D eigenvalue weighted by Gasteiger charge is -2.02. The molecule has 2 aromatic carbocycles. The van der Waals surface area contributed by atoms with Gasteiger partial charge in [0.1, 0.15) is 11.3 Å². The van der Waals surface area contributed by atoms with E-state index in [1.54, 1.807) is 0 Å². The van der Waals surface area contributed by atoms with Crippen LogP contribution in [0.4, 0.5) is 5.69 Å². The highest BCUT2D eigenvalue weighted by molar-refractivity contribution is 5.86. The Bertz CT molecular complexity index is 698. The number of aryl methyl sites for hydroxylation is 1. The van der Waals surface area contributed by atoms with Crippen LogP contribution in [-0.2, 0) is 6.42 Å². The maximum atomic E-state index is 5.91. The molecule has 90 valence electrons. The maximum absolute atomic E-state index is 5.91. The summed E-state index contributed by atoms with van der Waals surface area (Å²) < 4.78 is 0. The van der Waals surface area contributed by atoms with Gasteiger partial charge in [0.15, 0.2) is 0 Å². The predicted molar refractivity (Wildman–Crippen MR) is 74.5 cm³/mol. The van der Waals surface area contributed by atoms with Crippen molar-refractivity contribution in [3.05, 3.63) is 59.4 Å². The number of fused-ring (bicyclic) bond motifs is 1. The van der Waals surface area contributed by atoms with Crippen LogP contribution < -0.4 is 5.73 Å². The van der Waals surface area contributed by atoms with E-state index in [0.29, 0.717) is 0 Å². The Morgan fingerprint density at radius 1 is 1.11 bits per heavy atom. The molecular formula is C15H15N3. The molecule has 3 N–H and O–H groups in total. The number of benzene rings is 2. The third kappa shape index (κ3) is 1.84. The summed E-state index contributed by atoms with van der Waals surface area (Å²) in [5.74, 6) is 0.956. The monoisotopic (exact) mass is 237 g/mol. The Kier molecular flexibility index (Phi) is 2.52. The van der Waals surface area contributed by atoms with Crippen LogP contribution in [0.5, 0.6) is 0 Å². The van der Waals surface area contributed by atoms with Crippen molar-refractivity contribution in [2.75, 3.05) is 5.73 Å². The molecule has 0 amide bonds. The number of aromatic amines is 1. The quantitative estimate of drug-likeness (QED) is 0.673. The minimum Gasteiger partial charge on any atom is -0.397 e. The third-order valence-electron chi connectivity index (χ3n) is 3.21. The summed E-state index contributed by atoms with van der Waals surface area (Å²) in [4.78, 5) is 7.89. The third-order valence-corrected chi connectivity index (χ3v) is 3.21. The van der Waals surface area contributed by atoms with E-state index in [0.717, 1.165) is 29.0 Å². The maximum Gasteiger partial charge on any atom is 0.111 e. The first-order valence-electron chi connectivity index (χ1n) is 6.01. The van der Waals surface area contributed by atoms with Crippen molar-refractivity contribution >= 4 is 16.7 Å². The zero-order valence-electron chi connectivity index (χ0n) is 10.3. The average Bonchev–Trinajstić information content (AvgIpc) is 2.76. The van der Waals surface area contributed by atoms with Crippen molar-refractivity contribution in [3.63, 3.8) is 0 Å². The predicted octanol–water partition coefficient (Wildman–Crippen LogP) is 3.04. The summed E-state index contributed by atoms with van der Waals surface area (Å²) in [5.41, 5.74) is 11.1. The summed E-state index contributed by atoms with van der Waals surface area (Å²) in [6.07, 6.45) is 0.806. The number of nitrogen functional groups attached to an aromatic ring is 1. The molecule has 18 heavy (non-hydrogen) atoms. The van der Waals surface area contributed by atoms with Gasteiger partial charge in [-0.25, -0.2) is 4.98 Å². The van der Waals surface area contributed by atoms with Gasteiger partial charge in [0.2, 0.25) is 0 Å². The van der Waals surface area contributed by atoms with Crippen LogP contribution in [-0.4, -0.2) is 9.97 Å². The van der Waals surface area contributed by atoms with Crippen molar-refractivity contribution in [1.82, 2.24) is 9.97 Å². The summed E-state index contributed by atoms with van der Waals surface area (Å²) in [6.45, 7) is 2.12. The van der Waals surface area contributed by atoms with E-state index in [-0.39, 0.29) is 0 Å². The molecule has 3 nitrogen and oxygen atoms in total. The van der Waals surface area contributed by atoms with E-state index < -0.39 is 0 Å². The largest absolute Gasteiger partial charge is 0.397 e. The van der Waals surface area contributed by atoms with Crippen LogP contribution >= 0.6 is 0 Å². The number of rotatable bonds is 2. The van der Waals surface area contributed by atoms with E-state index in [1.165, 1.54) is 11.1 Å². The minimum atomic E-state index is 0.722. The number of hydrogen-bond acceptors (Lipinski definition) is 2. The van der Waals surface area contributed by atoms with Crippen molar-refractivity contribution in [1.29, 1.82) is 0 Å². The van der Waals surface area contributed by atoms with Gasteiger partial charge in [-0.15, -0.1) is 0 Å². The molecule has 0 fully saturated rings. The Hall–Kier alpha value is -2.29. The van der Waals surface area contributed by atoms with E-state index in [9.17, 15) is 0 Å². The van der Waals surface area contributed by atoms with E-state index in [1.807, 2.05) is 18.2 Å². The highest BCUT2D eigenvalue weighted by Crippen LogP contribution is 2.20. The first-order valence-corrected chi connectivity index (χ1v) is 6.01. The molecule has 3 aromatic rings. The molecule has 0 aliphatic rings. The molecule has 0 atom stereocenters. The fourth-order valence-electron chi connectivity index (χ4n) is 2.18. The molecule has 0 bridgehead atoms. The normalized spacial score (nSPS) is 10.9. The topological polar surface area (TPSA) is 54.7 Å². The van der Waals surface area contributed by atoms with Crippen LogP contribution in [0.25, 0.3) is 11.0 Å². The number of nitrogens with two attached hydrogens (primary N) is 1. The fraction of sp³-hybridized carbons (Fsp3) is 0.133. The lowest BCUT2D eigenvalue weighted by molar-refractivity contribution is 1.03. The molecule has 0 unspecified atom stereocenters. The van der Waals surface area contributed by atoms with Gasteiger partial charge >= 0.3 is 0 Å². The van der Waals surface area contributed by atoms with Gasteiger partial charge in [-0.05, 0) is 30.2 Å². The second-order valence-corrected chi connectivity index (χ2v) is 4.53. The number of aromatic nitrogens is 2. The smallest absolute Gasteiger partial charge is 0.111 e. The van der Waals surface area contributed by atoms with Gasteiger partial charge in [0, 0.05) is 6.42 Å². The standard InChI is InChI=1S/C15H15N3/c1-10-5-2-3-6-11(10)9-14-17-13-8-4-7-12(16)15(13)18-14/h2-8H,9,16H2,1H3,(H,17,18). The number of imidazole rings is 1. The Morgan fingerprint density at radius 3 is 2.72 bits per heavy atom. The minimum absolute atomic E-state index is 0.722. The van der Waals surface area contributed by atoms with Crippen molar-refractivity contribution in [3.8, 4) is 0 Å². The molecule has 3 rings (SSSR count). The molecule has 3 heteroatoms. The number of nitrogens with zero attached hydrogens (tertiary/aromatic N) is 1. The molecule has 0 radical (unpaired) electrons. The van der Waals surface area contributed by atoms with Crippen molar-refractivity contribution in [2.45, 2.75) is 13.3 Å². The van der Waals surface area contributed by atoms with Gasteiger partial charge in [-0.3, -0.25) is 0 Å². The molecule has 1 aromatic heterocycles. The zero-order valence-corrected chi connectivity index (χ0v) is 10.3. The number of H-pyrrole nitrogens is 1. The second-order valence-electron chi connectivity index (χ2n) is 4.53. The van der Waals surface area contributed by atoms with E-state index in [2.05, 4.69) is 41.2 Å².